The molecule has 1 saturated heterocycles. The van der Waals surface area contributed by atoms with Gasteiger partial charge >= 0.3 is 0 Å². The number of halogens is 1. The maximum Gasteiger partial charge on any atom is 0.123 e. The number of likely N-dealkylation sites (tertiary alicyclic amines) is 1. The predicted octanol–water partition coefficient (Wildman–Crippen LogP) is 4.91. The van der Waals surface area contributed by atoms with Gasteiger partial charge < -0.3 is 14.4 Å². The largest absolute Gasteiger partial charge is 0.489 e. The van der Waals surface area contributed by atoms with Crippen molar-refractivity contribution >= 4 is 5.69 Å². The van der Waals surface area contributed by atoms with E-state index in [-0.39, 0.29) is 5.82 Å². The number of ether oxygens (including phenoxy) is 2. The zero-order valence-corrected chi connectivity index (χ0v) is 18.2. The molecule has 0 N–H and O–H groups in total. The van der Waals surface area contributed by atoms with Crippen molar-refractivity contribution in [3.63, 3.8) is 0 Å². The van der Waals surface area contributed by atoms with E-state index in [4.69, 9.17) is 9.47 Å². The Morgan fingerprint density at radius 2 is 1.81 bits per heavy atom. The molecule has 2 heterocycles. The molecule has 0 unspecified atom stereocenters. The van der Waals surface area contributed by atoms with Crippen molar-refractivity contribution in [3.8, 4) is 0 Å². The SMILES string of the molecule is COC[C@@H]1CCCN1CCc1ccc(N2C=CC(OCc3ccc(F)cc3)=CC2)cc1. The second-order valence-electron chi connectivity index (χ2n) is 8.19. The van der Waals surface area contributed by atoms with Gasteiger partial charge in [-0.15, -0.1) is 0 Å². The summed E-state index contributed by atoms with van der Waals surface area (Å²) in [6.07, 6.45) is 9.69. The maximum atomic E-state index is 13.0. The summed E-state index contributed by atoms with van der Waals surface area (Å²) >= 11 is 0. The van der Waals surface area contributed by atoms with Crippen LogP contribution in [-0.4, -0.2) is 44.3 Å². The Morgan fingerprint density at radius 3 is 2.52 bits per heavy atom. The summed E-state index contributed by atoms with van der Waals surface area (Å²) in [4.78, 5) is 4.76. The Bertz CT molecular complexity index is 893. The highest BCUT2D eigenvalue weighted by Crippen LogP contribution is 2.22. The van der Waals surface area contributed by atoms with Crippen molar-refractivity contribution in [2.45, 2.75) is 31.9 Å². The molecule has 1 fully saturated rings. The zero-order chi connectivity index (χ0) is 21.5. The maximum absolute atomic E-state index is 13.0. The first-order valence-corrected chi connectivity index (χ1v) is 11.1. The van der Waals surface area contributed by atoms with Gasteiger partial charge in [0.2, 0.25) is 0 Å². The van der Waals surface area contributed by atoms with Crippen molar-refractivity contribution in [2.75, 3.05) is 38.3 Å². The molecule has 0 aromatic heterocycles. The van der Waals surface area contributed by atoms with E-state index in [1.54, 1.807) is 19.2 Å². The molecule has 164 valence electrons. The van der Waals surface area contributed by atoms with Gasteiger partial charge in [-0.05, 0) is 73.4 Å². The van der Waals surface area contributed by atoms with Crippen LogP contribution in [0.1, 0.15) is 24.0 Å². The molecular formula is C26H31FN2O2. The number of hydrogen-bond donors (Lipinski definition) is 0. The van der Waals surface area contributed by atoms with Crippen LogP contribution >= 0.6 is 0 Å². The van der Waals surface area contributed by atoms with Crippen LogP contribution in [0, 0.1) is 5.82 Å². The topological polar surface area (TPSA) is 24.9 Å². The molecule has 4 nitrogen and oxygen atoms in total. The van der Waals surface area contributed by atoms with Crippen molar-refractivity contribution in [2.24, 2.45) is 0 Å². The molecule has 0 spiro atoms. The molecule has 5 heteroatoms. The predicted molar refractivity (Wildman–Crippen MR) is 122 cm³/mol. The lowest BCUT2D eigenvalue weighted by atomic mass is 10.1. The van der Waals surface area contributed by atoms with E-state index >= 15 is 0 Å². The number of methoxy groups -OCH3 is 1. The van der Waals surface area contributed by atoms with E-state index in [0.717, 1.165) is 37.4 Å². The lowest BCUT2D eigenvalue weighted by molar-refractivity contribution is 0.116. The van der Waals surface area contributed by atoms with Crippen LogP contribution in [0.5, 0.6) is 0 Å². The smallest absolute Gasteiger partial charge is 0.123 e. The summed E-state index contributed by atoms with van der Waals surface area (Å²) in [6.45, 7) is 4.31. The second-order valence-corrected chi connectivity index (χ2v) is 8.19. The minimum absolute atomic E-state index is 0.228. The molecule has 2 aliphatic rings. The first kappa shape index (κ1) is 21.6. The van der Waals surface area contributed by atoms with Crippen LogP contribution in [0.3, 0.4) is 0 Å². The van der Waals surface area contributed by atoms with Gasteiger partial charge in [-0.3, -0.25) is 4.90 Å². The lowest BCUT2D eigenvalue weighted by Gasteiger charge is -2.24. The molecule has 2 aromatic carbocycles. The quantitative estimate of drug-likeness (QED) is 0.573. The number of rotatable bonds is 9. The fourth-order valence-corrected chi connectivity index (χ4v) is 4.22. The van der Waals surface area contributed by atoms with Gasteiger partial charge in [-0.2, -0.15) is 0 Å². The Kier molecular flexibility index (Phi) is 7.39. The van der Waals surface area contributed by atoms with Crippen LogP contribution in [0.4, 0.5) is 10.1 Å². The fourth-order valence-electron chi connectivity index (χ4n) is 4.22. The number of hydrogen-bond acceptors (Lipinski definition) is 4. The third-order valence-electron chi connectivity index (χ3n) is 6.04. The molecular weight excluding hydrogens is 391 g/mol. The van der Waals surface area contributed by atoms with Crippen LogP contribution < -0.4 is 4.90 Å². The molecule has 0 radical (unpaired) electrons. The van der Waals surface area contributed by atoms with Gasteiger partial charge in [0, 0.05) is 38.1 Å². The van der Waals surface area contributed by atoms with Gasteiger partial charge in [-0.25, -0.2) is 4.39 Å². The van der Waals surface area contributed by atoms with Crippen molar-refractivity contribution in [1.82, 2.24) is 4.90 Å². The summed E-state index contributed by atoms with van der Waals surface area (Å²) < 4.78 is 24.2. The zero-order valence-electron chi connectivity index (χ0n) is 18.2. The Labute approximate surface area is 184 Å². The summed E-state index contributed by atoms with van der Waals surface area (Å²) in [5, 5.41) is 0. The highest BCUT2D eigenvalue weighted by Gasteiger charge is 2.23. The van der Waals surface area contributed by atoms with E-state index < -0.39 is 0 Å². The first-order valence-electron chi connectivity index (χ1n) is 11.1. The molecule has 0 bridgehead atoms. The Balaban J connectivity index is 1.24. The average molecular weight is 423 g/mol. The molecule has 2 aromatic rings. The third kappa shape index (κ3) is 5.96. The summed E-state index contributed by atoms with van der Waals surface area (Å²) in [5.74, 6) is 0.613. The van der Waals surface area contributed by atoms with Gasteiger partial charge in [0.1, 0.15) is 18.2 Å². The minimum atomic E-state index is -0.228. The lowest BCUT2D eigenvalue weighted by Crippen LogP contribution is -2.34. The normalized spacial score (nSPS) is 19.0. The van der Waals surface area contributed by atoms with Gasteiger partial charge in [-0.1, -0.05) is 24.3 Å². The standard InChI is InChI=1S/C26H31FN2O2/c1-30-20-25-3-2-15-28(25)16-12-21-6-10-24(11-7-21)29-17-13-26(14-18-29)31-19-22-4-8-23(27)9-5-22/h4-11,13-14,17,25H,2-3,12,15-16,18-20H2,1H3/t25-/m0/s1. The van der Waals surface area contributed by atoms with Crippen molar-refractivity contribution in [1.29, 1.82) is 0 Å². The average Bonchev–Trinajstić information content (AvgIpc) is 3.25. The van der Waals surface area contributed by atoms with E-state index in [0.29, 0.717) is 12.6 Å². The van der Waals surface area contributed by atoms with Crippen LogP contribution in [0.2, 0.25) is 0 Å². The fraction of sp³-hybridized carbons (Fsp3) is 0.385. The van der Waals surface area contributed by atoms with E-state index in [2.05, 4.69) is 46.3 Å². The van der Waals surface area contributed by atoms with Crippen LogP contribution in [0.25, 0.3) is 0 Å². The number of anilines is 1. The third-order valence-corrected chi connectivity index (χ3v) is 6.04. The van der Waals surface area contributed by atoms with E-state index in [9.17, 15) is 4.39 Å². The number of benzene rings is 2. The van der Waals surface area contributed by atoms with Crippen molar-refractivity contribution in [3.05, 3.63) is 89.6 Å². The van der Waals surface area contributed by atoms with Crippen molar-refractivity contribution < 1.29 is 13.9 Å². The van der Waals surface area contributed by atoms with Crippen LogP contribution in [-0.2, 0) is 22.5 Å². The highest BCUT2D eigenvalue weighted by molar-refractivity contribution is 5.52. The van der Waals surface area contributed by atoms with Gasteiger partial charge in [0.25, 0.3) is 0 Å². The molecule has 31 heavy (non-hydrogen) atoms. The summed E-state index contributed by atoms with van der Waals surface area (Å²) in [6, 6.07) is 15.8. The number of nitrogens with zero attached hydrogens (tertiary/aromatic N) is 2. The monoisotopic (exact) mass is 422 g/mol. The van der Waals surface area contributed by atoms with Crippen LogP contribution in [0.15, 0.2) is 72.6 Å². The second kappa shape index (κ2) is 10.6. The minimum Gasteiger partial charge on any atom is -0.489 e. The number of allylic oxidation sites excluding steroid dienone is 1. The first-order chi connectivity index (χ1) is 15.2. The molecule has 0 aliphatic carbocycles. The molecule has 4 rings (SSSR count). The van der Waals surface area contributed by atoms with E-state index in [1.165, 1.54) is 42.8 Å². The highest BCUT2D eigenvalue weighted by atomic mass is 19.1. The molecule has 1 atom stereocenters. The molecule has 0 saturated carbocycles. The summed E-state index contributed by atoms with van der Waals surface area (Å²) in [5.41, 5.74) is 3.50. The molecule has 2 aliphatic heterocycles. The van der Waals surface area contributed by atoms with Gasteiger partial charge in [0.15, 0.2) is 0 Å². The Morgan fingerprint density at radius 1 is 1.03 bits per heavy atom. The van der Waals surface area contributed by atoms with E-state index in [1.807, 2.05) is 6.08 Å². The molecule has 0 amide bonds. The summed E-state index contributed by atoms with van der Waals surface area (Å²) in [7, 11) is 1.79. The Hall–Kier alpha value is -2.63. The van der Waals surface area contributed by atoms with Gasteiger partial charge in [0.05, 0.1) is 6.61 Å².